The van der Waals surface area contributed by atoms with Crippen LogP contribution >= 0.6 is 0 Å². The van der Waals surface area contributed by atoms with Gasteiger partial charge >= 0.3 is 5.97 Å². The number of carbonyl (C=O) groups excluding carboxylic acids is 2. The highest BCUT2D eigenvalue weighted by molar-refractivity contribution is 5.83. The molecule has 4 aliphatic carbocycles. The minimum atomic E-state index is -0.308. The maximum atomic E-state index is 12.7. The number of allylic oxidation sites excluding steroid dienone is 3. The van der Waals surface area contributed by atoms with Crippen LogP contribution < -0.4 is 5.32 Å². The van der Waals surface area contributed by atoms with Crippen LogP contribution in [0.5, 0.6) is 0 Å². The molecule has 0 aliphatic heterocycles. The number of ether oxygens (including phenoxy) is 1. The smallest absolute Gasteiger partial charge is 0.325 e. The molecule has 6 nitrogen and oxygen atoms in total. The van der Waals surface area contributed by atoms with E-state index < -0.39 is 0 Å². The lowest BCUT2D eigenvalue weighted by molar-refractivity contribution is -0.155. The molecule has 0 bridgehead atoms. The van der Waals surface area contributed by atoms with E-state index in [1.165, 1.54) is 40.9 Å². The molecular weight excluding hydrogens is 486 g/mol. The normalized spacial score (nSPS) is 33.7. The molecule has 39 heavy (non-hydrogen) atoms. The minimum absolute atomic E-state index is 0.00526. The van der Waals surface area contributed by atoms with Crippen molar-refractivity contribution in [2.45, 2.75) is 91.2 Å². The zero-order valence-electron chi connectivity index (χ0n) is 24.8. The molecule has 5 rings (SSSR count). The molecule has 0 aromatic carbocycles. The number of likely N-dealkylation sites (N-methyl/N-ethyl adjacent to an activating group) is 1. The molecule has 1 aromatic heterocycles. The van der Waals surface area contributed by atoms with Crippen molar-refractivity contribution in [2.75, 3.05) is 20.1 Å². The average Bonchev–Trinajstić information content (AvgIpc) is 3.24. The molecule has 6 heteroatoms. The Hall–Kier alpha value is -2.47. The van der Waals surface area contributed by atoms with E-state index in [0.717, 1.165) is 25.7 Å². The summed E-state index contributed by atoms with van der Waals surface area (Å²) >= 11 is 0. The van der Waals surface area contributed by atoms with E-state index in [2.05, 4.69) is 48.4 Å². The molecule has 0 spiro atoms. The monoisotopic (exact) mass is 533 g/mol. The van der Waals surface area contributed by atoms with Gasteiger partial charge in [-0.3, -0.25) is 14.6 Å². The lowest BCUT2D eigenvalue weighted by Gasteiger charge is -2.57. The summed E-state index contributed by atoms with van der Waals surface area (Å²) in [7, 11) is 1.67. The number of esters is 1. The number of hydrogen-bond acceptors (Lipinski definition) is 5. The van der Waals surface area contributed by atoms with Crippen LogP contribution in [0.25, 0.3) is 5.57 Å². The van der Waals surface area contributed by atoms with Gasteiger partial charge < -0.3 is 15.0 Å². The molecule has 1 amide bonds. The molecule has 2 saturated carbocycles. The van der Waals surface area contributed by atoms with Gasteiger partial charge in [-0.25, -0.2) is 0 Å². The molecule has 1 N–H and O–H groups in total. The zero-order valence-corrected chi connectivity index (χ0v) is 24.8. The van der Waals surface area contributed by atoms with Crippen molar-refractivity contribution in [1.29, 1.82) is 0 Å². The predicted molar refractivity (Wildman–Crippen MR) is 155 cm³/mol. The molecule has 6 atom stereocenters. The quantitative estimate of drug-likeness (QED) is 0.370. The summed E-state index contributed by atoms with van der Waals surface area (Å²) in [6.45, 7) is 11.2. The summed E-state index contributed by atoms with van der Waals surface area (Å²) in [5, 5.41) is 3.19. The van der Waals surface area contributed by atoms with E-state index >= 15 is 0 Å². The van der Waals surface area contributed by atoms with E-state index in [1.807, 2.05) is 33.2 Å². The average molecular weight is 534 g/mol. The first-order chi connectivity index (χ1) is 18.4. The SMILES string of the molecule is CN(CC(=O)O[C@H]1CC[C@@]2(C)C(=CC[C@@H]3[C@@H]2CC[C@]2(C)C(c4cccnc4)=CC[C@@H]32)C1)C(=O)CNC(C)(C)C. The summed E-state index contributed by atoms with van der Waals surface area (Å²) in [5.74, 6) is 1.66. The Labute approximate surface area is 234 Å². The van der Waals surface area contributed by atoms with Gasteiger partial charge in [0.1, 0.15) is 12.6 Å². The van der Waals surface area contributed by atoms with Crippen molar-refractivity contribution >= 4 is 17.4 Å². The van der Waals surface area contributed by atoms with Gasteiger partial charge in [-0.15, -0.1) is 0 Å². The first-order valence-corrected chi connectivity index (χ1v) is 14.9. The molecule has 1 aromatic rings. The number of nitrogens with zero attached hydrogens (tertiary/aromatic N) is 2. The van der Waals surface area contributed by atoms with Crippen LogP contribution in [0.3, 0.4) is 0 Å². The highest BCUT2D eigenvalue weighted by atomic mass is 16.5. The van der Waals surface area contributed by atoms with Crippen LogP contribution in [0.15, 0.2) is 42.3 Å². The van der Waals surface area contributed by atoms with Gasteiger partial charge in [0.25, 0.3) is 0 Å². The second-order valence-electron chi connectivity index (χ2n) is 14.0. The molecule has 212 valence electrons. The van der Waals surface area contributed by atoms with Crippen LogP contribution in [0.2, 0.25) is 0 Å². The van der Waals surface area contributed by atoms with Gasteiger partial charge in [0.2, 0.25) is 5.91 Å². The van der Waals surface area contributed by atoms with Gasteiger partial charge in [-0.2, -0.15) is 0 Å². The largest absolute Gasteiger partial charge is 0.461 e. The highest BCUT2D eigenvalue weighted by Crippen LogP contribution is 2.66. The van der Waals surface area contributed by atoms with Crippen LogP contribution in [-0.2, 0) is 14.3 Å². The Morgan fingerprint density at radius 3 is 2.59 bits per heavy atom. The lowest BCUT2D eigenvalue weighted by Crippen LogP contribution is -2.50. The number of aromatic nitrogens is 1. The molecule has 1 heterocycles. The second kappa shape index (κ2) is 10.5. The fraction of sp³-hybridized carbons (Fsp3) is 0.667. The Morgan fingerprint density at radius 2 is 1.87 bits per heavy atom. The Bertz CT molecular complexity index is 1150. The lowest BCUT2D eigenvalue weighted by atomic mass is 9.47. The molecule has 0 unspecified atom stereocenters. The van der Waals surface area contributed by atoms with Crippen molar-refractivity contribution in [2.24, 2.45) is 28.6 Å². The van der Waals surface area contributed by atoms with Gasteiger partial charge in [-0.1, -0.05) is 37.6 Å². The van der Waals surface area contributed by atoms with Gasteiger partial charge in [0.05, 0.1) is 6.54 Å². The predicted octanol–water partition coefficient (Wildman–Crippen LogP) is 5.80. The molecule has 2 fully saturated rings. The molecular formula is C33H47N3O3. The van der Waals surface area contributed by atoms with Crippen molar-refractivity contribution in [3.05, 3.63) is 47.8 Å². The third-order valence-electron chi connectivity index (χ3n) is 10.5. The summed E-state index contributed by atoms with van der Waals surface area (Å²) in [6, 6.07) is 4.28. The van der Waals surface area contributed by atoms with Gasteiger partial charge in [0, 0.05) is 31.4 Å². The fourth-order valence-corrected chi connectivity index (χ4v) is 8.25. The molecule has 4 aliphatic rings. The highest BCUT2D eigenvalue weighted by Gasteiger charge is 2.57. The minimum Gasteiger partial charge on any atom is -0.461 e. The number of amides is 1. The molecule has 0 saturated heterocycles. The topological polar surface area (TPSA) is 71.5 Å². The van der Waals surface area contributed by atoms with Gasteiger partial charge in [-0.05, 0) is 105 Å². The number of rotatable bonds is 6. The Morgan fingerprint density at radius 1 is 1.10 bits per heavy atom. The van der Waals surface area contributed by atoms with E-state index in [0.29, 0.717) is 17.8 Å². The number of pyridine rings is 1. The Kier molecular flexibility index (Phi) is 7.56. The van der Waals surface area contributed by atoms with Crippen LogP contribution in [0.1, 0.15) is 85.1 Å². The number of hydrogen-bond donors (Lipinski definition) is 1. The molecule has 0 radical (unpaired) electrons. The summed E-state index contributed by atoms with van der Waals surface area (Å²) in [4.78, 5) is 31.0. The Balaban J connectivity index is 1.20. The van der Waals surface area contributed by atoms with E-state index in [1.54, 1.807) is 7.05 Å². The summed E-state index contributed by atoms with van der Waals surface area (Å²) in [5.41, 5.74) is 4.56. The van der Waals surface area contributed by atoms with Crippen molar-refractivity contribution in [3.8, 4) is 0 Å². The summed E-state index contributed by atoms with van der Waals surface area (Å²) in [6.07, 6.45) is 16.4. The van der Waals surface area contributed by atoms with Crippen molar-refractivity contribution in [1.82, 2.24) is 15.2 Å². The third-order valence-corrected chi connectivity index (χ3v) is 10.5. The summed E-state index contributed by atoms with van der Waals surface area (Å²) < 4.78 is 5.93. The van der Waals surface area contributed by atoms with E-state index in [9.17, 15) is 9.59 Å². The van der Waals surface area contributed by atoms with Crippen LogP contribution in [0.4, 0.5) is 0 Å². The van der Waals surface area contributed by atoms with E-state index in [-0.39, 0.29) is 47.4 Å². The standard InChI is InChI=1S/C33H47N3O3/c1-31(2,3)35-20-29(37)36(6)21-30(38)39-24-13-15-32(4)23(18-24)9-10-25-27-12-11-26(22-8-7-17-34-19-22)33(27,5)16-14-28(25)32/h7-9,11,17,19,24-25,27-28,35H,10,12-16,18,20-21H2,1-6H3/t24-,25-,27-,28-,32-,33+/m0/s1. The van der Waals surface area contributed by atoms with Crippen molar-refractivity contribution in [3.63, 3.8) is 0 Å². The van der Waals surface area contributed by atoms with E-state index in [4.69, 9.17) is 4.74 Å². The first-order valence-electron chi connectivity index (χ1n) is 14.9. The van der Waals surface area contributed by atoms with Gasteiger partial charge in [0.15, 0.2) is 0 Å². The fourth-order valence-electron chi connectivity index (χ4n) is 8.25. The second-order valence-corrected chi connectivity index (χ2v) is 14.0. The van der Waals surface area contributed by atoms with Crippen LogP contribution in [-0.4, -0.2) is 53.5 Å². The number of carbonyl (C=O) groups is 2. The number of nitrogens with one attached hydrogen (secondary N) is 1. The maximum Gasteiger partial charge on any atom is 0.325 e. The zero-order chi connectivity index (χ0) is 28.0. The van der Waals surface area contributed by atoms with Crippen molar-refractivity contribution < 1.29 is 14.3 Å². The first kappa shape index (κ1) is 28.1. The number of fused-ring (bicyclic) bond motifs is 5. The third kappa shape index (κ3) is 5.46. The van der Waals surface area contributed by atoms with Crippen LogP contribution in [0, 0.1) is 28.6 Å². The maximum absolute atomic E-state index is 12.7.